The van der Waals surface area contributed by atoms with Crippen LogP contribution in [0.25, 0.3) is 0 Å². The molecule has 0 aliphatic heterocycles. The molecular weight excluding hydrogens is 222 g/mol. The molecule has 0 unspecified atom stereocenters. The van der Waals surface area contributed by atoms with Gasteiger partial charge in [-0.3, -0.25) is 4.79 Å². The molecule has 0 amide bonds. The maximum atomic E-state index is 10.6. The van der Waals surface area contributed by atoms with E-state index >= 15 is 0 Å². The molecule has 0 saturated heterocycles. The van der Waals surface area contributed by atoms with Gasteiger partial charge in [-0.15, -0.1) is 0 Å². The number of thiocarbonyl (C=S) groups is 1. The summed E-state index contributed by atoms with van der Waals surface area (Å²) in [4.78, 5) is 11.5. The van der Waals surface area contributed by atoms with Gasteiger partial charge in [-0.25, -0.2) is 0 Å². The average Bonchev–Trinajstić information content (AvgIpc) is 2.28. The average molecular weight is 237 g/mol. The van der Waals surface area contributed by atoms with Gasteiger partial charge in [0.05, 0.1) is 0 Å². The summed E-state index contributed by atoms with van der Waals surface area (Å²) in [7, 11) is 0. The first-order valence-corrected chi connectivity index (χ1v) is 5.56. The summed E-state index contributed by atoms with van der Waals surface area (Å²) < 4.78 is 0. The summed E-state index contributed by atoms with van der Waals surface area (Å²) in [6.45, 7) is 2.01. The molecule has 1 atom stereocenters. The molecule has 0 spiro atoms. The summed E-state index contributed by atoms with van der Waals surface area (Å²) in [6, 6.07) is 6.73. The Morgan fingerprint density at radius 1 is 1.44 bits per heavy atom. The van der Waals surface area contributed by atoms with Crippen LogP contribution in [0.3, 0.4) is 0 Å². The number of hydrogen-bond acceptors (Lipinski definition) is 3. The van der Waals surface area contributed by atoms with Crippen molar-refractivity contribution in [3.63, 3.8) is 0 Å². The van der Waals surface area contributed by atoms with E-state index in [9.17, 15) is 4.79 Å². The summed E-state index contributed by atoms with van der Waals surface area (Å²) >= 11 is 5.18. The summed E-state index contributed by atoms with van der Waals surface area (Å²) in [5.41, 5.74) is 7.38. The summed E-state index contributed by atoms with van der Waals surface area (Å²) in [6.07, 6.45) is 1.18. The lowest BCUT2D eigenvalue weighted by atomic mass is 10.0. The lowest BCUT2D eigenvalue weighted by Crippen LogP contribution is -2.32. The molecule has 0 radical (unpaired) electrons. The molecular formula is C12H15NO2S. The first-order chi connectivity index (χ1) is 7.54. The SMILES string of the molecule is CCC(=S)c1ccc(C[C@H](N)C(=O)O)cc1. The van der Waals surface area contributed by atoms with Crippen LogP contribution in [0.1, 0.15) is 24.5 Å². The number of carboxylic acid groups (broad SMARTS) is 1. The van der Waals surface area contributed by atoms with Gasteiger partial charge in [0, 0.05) is 4.86 Å². The van der Waals surface area contributed by atoms with E-state index in [2.05, 4.69) is 0 Å². The Morgan fingerprint density at radius 3 is 2.44 bits per heavy atom. The third-order valence-electron chi connectivity index (χ3n) is 2.37. The number of carboxylic acids is 1. The first kappa shape index (κ1) is 12.8. The van der Waals surface area contributed by atoms with Crippen LogP contribution in [0.15, 0.2) is 24.3 Å². The van der Waals surface area contributed by atoms with Gasteiger partial charge in [-0.05, 0) is 24.0 Å². The number of nitrogens with two attached hydrogens (primary N) is 1. The predicted molar refractivity (Wildman–Crippen MR) is 67.7 cm³/mol. The molecule has 0 heterocycles. The summed E-state index contributed by atoms with van der Waals surface area (Å²) in [5.74, 6) is -0.979. The normalized spacial score (nSPS) is 12.1. The zero-order valence-electron chi connectivity index (χ0n) is 9.14. The minimum absolute atomic E-state index is 0.342. The van der Waals surface area contributed by atoms with Crippen molar-refractivity contribution in [3.05, 3.63) is 35.4 Å². The van der Waals surface area contributed by atoms with Crippen molar-refractivity contribution in [1.82, 2.24) is 0 Å². The molecule has 3 N–H and O–H groups in total. The zero-order valence-corrected chi connectivity index (χ0v) is 9.96. The maximum absolute atomic E-state index is 10.6. The first-order valence-electron chi connectivity index (χ1n) is 5.15. The van der Waals surface area contributed by atoms with E-state index in [1.807, 2.05) is 31.2 Å². The van der Waals surface area contributed by atoms with E-state index in [1.165, 1.54) is 0 Å². The molecule has 0 aliphatic carbocycles. The van der Waals surface area contributed by atoms with Crippen molar-refractivity contribution in [3.8, 4) is 0 Å². The number of aliphatic carboxylic acids is 1. The highest BCUT2D eigenvalue weighted by Gasteiger charge is 2.11. The summed E-state index contributed by atoms with van der Waals surface area (Å²) in [5, 5.41) is 8.68. The molecule has 1 aromatic carbocycles. The molecule has 0 bridgehead atoms. The standard InChI is InChI=1S/C12H15NO2S/c1-2-11(16)9-5-3-8(4-6-9)7-10(13)12(14)15/h3-6,10H,2,7,13H2,1H3,(H,14,15)/t10-/m0/s1. The number of hydrogen-bond donors (Lipinski definition) is 2. The fourth-order valence-corrected chi connectivity index (χ4v) is 1.51. The smallest absolute Gasteiger partial charge is 0.320 e. The van der Waals surface area contributed by atoms with Gasteiger partial charge in [0.1, 0.15) is 6.04 Å². The third kappa shape index (κ3) is 3.40. The Kier molecular flexibility index (Phi) is 4.58. The van der Waals surface area contributed by atoms with Crippen LogP contribution < -0.4 is 5.73 Å². The van der Waals surface area contributed by atoms with Gasteiger partial charge in [0.15, 0.2) is 0 Å². The van der Waals surface area contributed by atoms with E-state index in [1.54, 1.807) is 0 Å². The molecule has 16 heavy (non-hydrogen) atoms. The van der Waals surface area contributed by atoms with Crippen LogP contribution in [0.2, 0.25) is 0 Å². The van der Waals surface area contributed by atoms with Crippen molar-refractivity contribution in [2.45, 2.75) is 25.8 Å². The van der Waals surface area contributed by atoms with Crippen molar-refractivity contribution in [2.24, 2.45) is 5.73 Å². The third-order valence-corrected chi connectivity index (χ3v) is 2.89. The molecule has 86 valence electrons. The van der Waals surface area contributed by atoms with Crippen LogP contribution in [-0.4, -0.2) is 22.0 Å². The van der Waals surface area contributed by atoms with Gasteiger partial charge in [0.2, 0.25) is 0 Å². The highest BCUT2D eigenvalue weighted by molar-refractivity contribution is 7.80. The van der Waals surface area contributed by atoms with Gasteiger partial charge in [0.25, 0.3) is 0 Å². The highest BCUT2D eigenvalue weighted by Crippen LogP contribution is 2.09. The number of benzene rings is 1. The van der Waals surface area contributed by atoms with Crippen LogP contribution in [0.5, 0.6) is 0 Å². The van der Waals surface area contributed by atoms with Gasteiger partial charge >= 0.3 is 5.97 Å². The Balaban J connectivity index is 2.72. The minimum atomic E-state index is -0.979. The molecule has 0 saturated carbocycles. The van der Waals surface area contributed by atoms with E-state index < -0.39 is 12.0 Å². The molecule has 1 aromatic rings. The van der Waals surface area contributed by atoms with Crippen molar-refractivity contribution >= 4 is 23.1 Å². The molecule has 0 aliphatic rings. The largest absolute Gasteiger partial charge is 0.480 e. The van der Waals surface area contributed by atoms with E-state index in [0.717, 1.165) is 22.4 Å². The molecule has 0 aromatic heterocycles. The Labute approximate surface area is 100 Å². The zero-order chi connectivity index (χ0) is 12.1. The molecule has 3 nitrogen and oxygen atoms in total. The van der Waals surface area contributed by atoms with E-state index in [4.69, 9.17) is 23.1 Å². The lowest BCUT2D eigenvalue weighted by molar-refractivity contribution is -0.138. The molecule has 0 fully saturated rings. The van der Waals surface area contributed by atoms with E-state index in [0.29, 0.717) is 6.42 Å². The van der Waals surface area contributed by atoms with Crippen molar-refractivity contribution < 1.29 is 9.90 Å². The van der Waals surface area contributed by atoms with Gasteiger partial charge in [-0.1, -0.05) is 43.4 Å². The number of carbonyl (C=O) groups is 1. The van der Waals surface area contributed by atoms with Crippen molar-refractivity contribution in [1.29, 1.82) is 0 Å². The quantitative estimate of drug-likeness (QED) is 0.605. The second-order valence-electron chi connectivity index (χ2n) is 3.62. The van der Waals surface area contributed by atoms with Crippen LogP contribution in [-0.2, 0) is 11.2 Å². The molecule has 4 heteroatoms. The van der Waals surface area contributed by atoms with Crippen LogP contribution in [0.4, 0.5) is 0 Å². The topological polar surface area (TPSA) is 63.3 Å². The van der Waals surface area contributed by atoms with Gasteiger partial charge in [-0.2, -0.15) is 0 Å². The lowest BCUT2D eigenvalue weighted by Gasteiger charge is -2.07. The fraction of sp³-hybridized carbons (Fsp3) is 0.333. The number of rotatable bonds is 5. The minimum Gasteiger partial charge on any atom is -0.480 e. The fourth-order valence-electron chi connectivity index (χ4n) is 1.37. The van der Waals surface area contributed by atoms with Crippen molar-refractivity contribution in [2.75, 3.05) is 0 Å². The predicted octanol–water partition coefficient (Wildman–Crippen LogP) is 1.77. The second kappa shape index (κ2) is 5.72. The van der Waals surface area contributed by atoms with Crippen LogP contribution >= 0.6 is 12.2 Å². The van der Waals surface area contributed by atoms with E-state index in [-0.39, 0.29) is 0 Å². The maximum Gasteiger partial charge on any atom is 0.320 e. The Hall–Kier alpha value is -1.26. The Bertz CT molecular complexity index is 387. The van der Waals surface area contributed by atoms with Gasteiger partial charge < -0.3 is 10.8 Å². The highest BCUT2D eigenvalue weighted by atomic mass is 32.1. The monoisotopic (exact) mass is 237 g/mol. The second-order valence-corrected chi connectivity index (χ2v) is 4.12. The van der Waals surface area contributed by atoms with Crippen LogP contribution in [0, 0.1) is 0 Å². The molecule has 1 rings (SSSR count). The Morgan fingerprint density at radius 2 is 2.00 bits per heavy atom.